The van der Waals surface area contributed by atoms with Crippen molar-refractivity contribution in [2.45, 2.75) is 55.8 Å². The first-order chi connectivity index (χ1) is 17.0. The molecule has 5 atom stereocenters. The molecule has 3 fully saturated rings. The standard InChI is InChI=1S/C27H27FN4O3/c28-23-12-16(15-4-6-21-22(11-15)27(35-26(21)34)7-8-30-14-27)1-2-17(23)9-20(13-29)32-25(33)24-18-3-5-19(10-18)31-24/h1-2,4,6,11-12,18-20,24,30-31H,3,5,7-10,14H2,(H,32,33)/t18-,19+,20-,24-,27?/m0/s1. The Morgan fingerprint density at radius 3 is 2.77 bits per heavy atom. The van der Waals surface area contributed by atoms with Crippen LogP contribution in [-0.4, -0.2) is 43.1 Å². The molecule has 0 radical (unpaired) electrons. The lowest BCUT2D eigenvalue weighted by Gasteiger charge is -2.23. The molecule has 3 N–H and O–H groups in total. The van der Waals surface area contributed by atoms with Crippen molar-refractivity contribution < 1.29 is 18.7 Å². The molecule has 1 saturated carbocycles. The summed E-state index contributed by atoms with van der Waals surface area (Å²) in [6, 6.07) is 11.8. The van der Waals surface area contributed by atoms with E-state index in [1.807, 2.05) is 12.1 Å². The zero-order valence-corrected chi connectivity index (χ0v) is 19.3. The van der Waals surface area contributed by atoms with Crippen LogP contribution in [0.25, 0.3) is 11.1 Å². The van der Waals surface area contributed by atoms with E-state index in [0.29, 0.717) is 41.6 Å². The summed E-state index contributed by atoms with van der Waals surface area (Å²) in [4.78, 5) is 25.0. The van der Waals surface area contributed by atoms with Gasteiger partial charge in [-0.3, -0.25) is 4.79 Å². The second-order valence-corrected chi connectivity index (χ2v) is 10.2. The number of piperidine rings is 1. The summed E-state index contributed by atoms with van der Waals surface area (Å²) in [5, 5.41) is 19.0. The summed E-state index contributed by atoms with van der Waals surface area (Å²) in [5.41, 5.74) is 2.61. The van der Waals surface area contributed by atoms with Gasteiger partial charge in [0.1, 0.15) is 11.9 Å². The van der Waals surface area contributed by atoms with Gasteiger partial charge >= 0.3 is 5.97 Å². The fourth-order valence-corrected chi connectivity index (χ4v) is 6.21. The number of halogens is 1. The minimum atomic E-state index is -0.804. The van der Waals surface area contributed by atoms with Crippen LogP contribution in [0.1, 0.15) is 47.2 Å². The zero-order chi connectivity index (χ0) is 24.2. The molecule has 2 bridgehead atoms. The van der Waals surface area contributed by atoms with E-state index in [0.717, 1.165) is 36.9 Å². The molecule has 2 saturated heterocycles. The highest BCUT2D eigenvalue weighted by molar-refractivity contribution is 5.95. The smallest absolute Gasteiger partial charge is 0.339 e. The monoisotopic (exact) mass is 474 g/mol. The van der Waals surface area contributed by atoms with Crippen molar-refractivity contribution in [3.63, 3.8) is 0 Å². The largest absolute Gasteiger partial charge is 0.449 e. The average Bonchev–Trinajstić information content (AvgIpc) is 3.66. The number of nitrogens with one attached hydrogen (secondary N) is 3. The number of ether oxygens (including phenoxy) is 1. The first-order valence-corrected chi connectivity index (χ1v) is 12.3. The Bertz CT molecular complexity index is 1250. The molecule has 2 aromatic rings. The molecule has 35 heavy (non-hydrogen) atoms. The van der Waals surface area contributed by atoms with Gasteiger partial charge in [-0.25, -0.2) is 9.18 Å². The second-order valence-electron chi connectivity index (χ2n) is 10.2. The lowest BCUT2D eigenvalue weighted by molar-refractivity contribution is -0.124. The molecule has 3 aliphatic heterocycles. The van der Waals surface area contributed by atoms with Gasteiger partial charge < -0.3 is 20.7 Å². The predicted molar refractivity (Wildman–Crippen MR) is 126 cm³/mol. The lowest BCUT2D eigenvalue weighted by Crippen LogP contribution is -2.50. The minimum Gasteiger partial charge on any atom is -0.449 e. The van der Waals surface area contributed by atoms with Crippen LogP contribution in [-0.2, 0) is 21.6 Å². The normalized spacial score (nSPS) is 29.1. The fourth-order valence-electron chi connectivity index (χ4n) is 6.21. The maximum Gasteiger partial charge on any atom is 0.339 e. The highest BCUT2D eigenvalue weighted by Crippen LogP contribution is 2.42. The summed E-state index contributed by atoms with van der Waals surface area (Å²) in [6.45, 7) is 1.34. The molecule has 4 aliphatic rings. The number of carbonyl (C=O) groups is 2. The van der Waals surface area contributed by atoms with Crippen LogP contribution in [0, 0.1) is 23.1 Å². The Balaban J connectivity index is 1.19. The average molecular weight is 475 g/mol. The Kier molecular flexibility index (Phi) is 5.35. The number of nitrogens with zero attached hydrogens (tertiary/aromatic N) is 1. The van der Waals surface area contributed by atoms with Crippen molar-refractivity contribution >= 4 is 11.9 Å². The number of fused-ring (bicyclic) bond motifs is 4. The molecule has 8 heteroatoms. The Morgan fingerprint density at radius 1 is 1.26 bits per heavy atom. The number of hydrogen-bond donors (Lipinski definition) is 3. The molecule has 2 aromatic carbocycles. The van der Waals surface area contributed by atoms with Crippen LogP contribution in [0.15, 0.2) is 36.4 Å². The van der Waals surface area contributed by atoms with Gasteiger partial charge in [-0.05, 0) is 66.6 Å². The van der Waals surface area contributed by atoms with Gasteiger partial charge in [0, 0.05) is 31.0 Å². The molecule has 1 amide bonds. The number of rotatable bonds is 5. The van der Waals surface area contributed by atoms with E-state index < -0.39 is 17.5 Å². The number of hydrogen-bond acceptors (Lipinski definition) is 6. The SMILES string of the molecule is N#C[C@H](Cc1ccc(-c2ccc3c(c2)C2(CCNC2)OC3=O)cc1F)NC(=O)[C@H]1N[C@@H]2CC[C@H]1C2. The van der Waals surface area contributed by atoms with Gasteiger partial charge in [0.15, 0.2) is 5.60 Å². The van der Waals surface area contributed by atoms with Crippen molar-refractivity contribution in [2.75, 3.05) is 13.1 Å². The summed E-state index contributed by atoms with van der Waals surface area (Å²) in [7, 11) is 0. The van der Waals surface area contributed by atoms with Crippen LogP contribution in [0.3, 0.4) is 0 Å². The van der Waals surface area contributed by atoms with E-state index in [-0.39, 0.29) is 24.3 Å². The third-order valence-electron chi connectivity index (χ3n) is 8.06. The first-order valence-electron chi connectivity index (χ1n) is 12.3. The highest BCUT2D eigenvalue weighted by Gasteiger charge is 2.47. The summed E-state index contributed by atoms with van der Waals surface area (Å²) in [5.74, 6) is -0.601. The lowest BCUT2D eigenvalue weighted by atomic mass is 9.88. The zero-order valence-electron chi connectivity index (χ0n) is 19.3. The Labute approximate surface area is 203 Å². The number of carbonyl (C=O) groups excluding carboxylic acids is 2. The summed E-state index contributed by atoms with van der Waals surface area (Å²) >= 11 is 0. The molecular formula is C27H27FN4O3. The number of esters is 1. The van der Waals surface area contributed by atoms with E-state index in [9.17, 15) is 14.9 Å². The molecule has 0 aromatic heterocycles. The maximum atomic E-state index is 15.1. The van der Waals surface area contributed by atoms with Crippen molar-refractivity contribution in [1.82, 2.24) is 16.0 Å². The molecule has 6 rings (SSSR count). The van der Waals surface area contributed by atoms with Crippen LogP contribution in [0.5, 0.6) is 0 Å². The van der Waals surface area contributed by atoms with E-state index in [1.54, 1.807) is 18.2 Å². The van der Waals surface area contributed by atoms with Gasteiger partial charge in [-0.2, -0.15) is 5.26 Å². The molecule has 7 nitrogen and oxygen atoms in total. The van der Waals surface area contributed by atoms with Gasteiger partial charge in [0.25, 0.3) is 0 Å². The molecule has 1 unspecified atom stereocenters. The van der Waals surface area contributed by atoms with E-state index in [4.69, 9.17) is 4.74 Å². The fraction of sp³-hybridized carbons (Fsp3) is 0.444. The maximum absolute atomic E-state index is 15.1. The summed E-state index contributed by atoms with van der Waals surface area (Å²) in [6.07, 6.45) is 3.94. The number of amides is 1. The van der Waals surface area contributed by atoms with Gasteiger partial charge in [-0.1, -0.05) is 18.2 Å². The molecule has 1 aliphatic carbocycles. The van der Waals surface area contributed by atoms with Crippen LogP contribution >= 0.6 is 0 Å². The Hall–Kier alpha value is -3.28. The van der Waals surface area contributed by atoms with Crippen LogP contribution in [0.4, 0.5) is 4.39 Å². The van der Waals surface area contributed by atoms with Crippen LogP contribution < -0.4 is 16.0 Å². The van der Waals surface area contributed by atoms with E-state index >= 15 is 4.39 Å². The van der Waals surface area contributed by atoms with Gasteiger partial charge in [-0.15, -0.1) is 0 Å². The van der Waals surface area contributed by atoms with Gasteiger partial charge in [0.05, 0.1) is 17.7 Å². The third kappa shape index (κ3) is 3.79. The quantitative estimate of drug-likeness (QED) is 0.576. The topological polar surface area (TPSA) is 103 Å². The van der Waals surface area contributed by atoms with Crippen molar-refractivity contribution in [3.8, 4) is 17.2 Å². The van der Waals surface area contributed by atoms with E-state index in [1.165, 1.54) is 6.07 Å². The van der Waals surface area contributed by atoms with Crippen molar-refractivity contribution in [1.29, 1.82) is 5.26 Å². The highest BCUT2D eigenvalue weighted by atomic mass is 19.1. The molecule has 1 spiro atoms. The molecular weight excluding hydrogens is 447 g/mol. The van der Waals surface area contributed by atoms with Crippen molar-refractivity contribution in [2.24, 2.45) is 5.92 Å². The number of nitriles is 1. The van der Waals surface area contributed by atoms with Crippen molar-refractivity contribution in [3.05, 3.63) is 58.9 Å². The molecule has 3 heterocycles. The Morgan fingerprint density at radius 2 is 2.09 bits per heavy atom. The summed E-state index contributed by atoms with van der Waals surface area (Å²) < 4.78 is 20.8. The first kappa shape index (κ1) is 22.2. The second kappa shape index (κ2) is 8.43. The minimum absolute atomic E-state index is 0.0937. The molecule has 180 valence electrons. The van der Waals surface area contributed by atoms with Crippen LogP contribution in [0.2, 0.25) is 0 Å². The third-order valence-corrected chi connectivity index (χ3v) is 8.06. The number of benzene rings is 2. The van der Waals surface area contributed by atoms with Gasteiger partial charge in [0.2, 0.25) is 5.91 Å². The predicted octanol–water partition coefficient (Wildman–Crippen LogP) is 2.54. The van der Waals surface area contributed by atoms with E-state index in [2.05, 4.69) is 22.0 Å².